The van der Waals surface area contributed by atoms with E-state index in [0.717, 1.165) is 6.42 Å². The molecule has 0 bridgehead atoms. The lowest BCUT2D eigenvalue weighted by atomic mass is 9.83. The van der Waals surface area contributed by atoms with Gasteiger partial charge in [0.15, 0.2) is 0 Å². The van der Waals surface area contributed by atoms with Crippen molar-refractivity contribution < 1.29 is 4.39 Å². The second-order valence-electron chi connectivity index (χ2n) is 5.47. The molecule has 0 aliphatic rings. The predicted molar refractivity (Wildman–Crippen MR) is 71.5 cm³/mol. The molecule has 0 aliphatic heterocycles. The highest BCUT2D eigenvalue weighted by atomic mass is 19.1. The van der Waals surface area contributed by atoms with E-state index in [1.165, 1.54) is 0 Å². The normalized spacial score (nSPS) is 16.8. The number of benzene rings is 1. The molecule has 2 atom stereocenters. The maximum absolute atomic E-state index is 14.8. The molecule has 0 saturated heterocycles. The zero-order valence-corrected chi connectivity index (χ0v) is 11.1. The summed E-state index contributed by atoms with van der Waals surface area (Å²) in [6.07, 6.45) is 1.55. The molecule has 2 unspecified atom stereocenters. The summed E-state index contributed by atoms with van der Waals surface area (Å²) in [6.45, 7) is 6.50. The van der Waals surface area contributed by atoms with E-state index in [1.54, 1.807) is 0 Å². The number of hydrogen-bond acceptors (Lipinski definition) is 1. The molecule has 0 radical (unpaired) electrons. The van der Waals surface area contributed by atoms with Crippen LogP contribution in [0.15, 0.2) is 30.3 Å². The quantitative estimate of drug-likeness (QED) is 0.798. The Morgan fingerprint density at radius 1 is 1.18 bits per heavy atom. The Kier molecular flexibility index (Phi) is 5.13. The Hall–Kier alpha value is -0.890. The molecule has 17 heavy (non-hydrogen) atoms. The molecule has 1 aromatic carbocycles. The van der Waals surface area contributed by atoms with Crippen molar-refractivity contribution in [3.05, 3.63) is 35.9 Å². The van der Waals surface area contributed by atoms with E-state index >= 15 is 0 Å². The van der Waals surface area contributed by atoms with E-state index in [-0.39, 0.29) is 6.54 Å². The van der Waals surface area contributed by atoms with Gasteiger partial charge in [0.2, 0.25) is 0 Å². The third kappa shape index (κ3) is 4.12. The van der Waals surface area contributed by atoms with Crippen LogP contribution in [0.2, 0.25) is 0 Å². The molecule has 96 valence electrons. The maximum Gasteiger partial charge on any atom is 0.148 e. The maximum atomic E-state index is 14.8. The van der Waals surface area contributed by atoms with E-state index in [4.69, 9.17) is 5.73 Å². The summed E-state index contributed by atoms with van der Waals surface area (Å²) in [6, 6.07) is 9.29. The van der Waals surface area contributed by atoms with E-state index in [1.807, 2.05) is 30.3 Å². The van der Waals surface area contributed by atoms with Gasteiger partial charge in [-0.25, -0.2) is 4.39 Å². The van der Waals surface area contributed by atoms with Gasteiger partial charge >= 0.3 is 0 Å². The van der Waals surface area contributed by atoms with Crippen LogP contribution in [0.4, 0.5) is 4.39 Å². The monoisotopic (exact) mass is 237 g/mol. The van der Waals surface area contributed by atoms with Gasteiger partial charge < -0.3 is 5.73 Å². The Labute approximate surface area is 104 Å². The minimum atomic E-state index is -1.38. The van der Waals surface area contributed by atoms with E-state index in [9.17, 15) is 4.39 Å². The number of halogens is 1. The van der Waals surface area contributed by atoms with Crippen LogP contribution < -0.4 is 5.73 Å². The van der Waals surface area contributed by atoms with Gasteiger partial charge in [-0.3, -0.25) is 0 Å². The van der Waals surface area contributed by atoms with Crippen molar-refractivity contribution in [3.63, 3.8) is 0 Å². The van der Waals surface area contributed by atoms with Crippen LogP contribution in [-0.4, -0.2) is 6.54 Å². The minimum absolute atomic E-state index is 0.0550. The summed E-state index contributed by atoms with van der Waals surface area (Å²) in [5.41, 5.74) is 4.97. The number of nitrogens with two attached hydrogens (primary N) is 1. The Balaban J connectivity index is 2.76. The van der Waals surface area contributed by atoms with Crippen molar-refractivity contribution in [1.29, 1.82) is 0 Å². The number of alkyl halides is 1. The Morgan fingerprint density at radius 3 is 2.24 bits per heavy atom. The lowest BCUT2D eigenvalue weighted by molar-refractivity contribution is 0.129. The second kappa shape index (κ2) is 6.15. The molecular weight excluding hydrogens is 213 g/mol. The van der Waals surface area contributed by atoms with Gasteiger partial charge in [-0.2, -0.15) is 0 Å². The summed E-state index contributed by atoms with van der Waals surface area (Å²) >= 11 is 0. The van der Waals surface area contributed by atoms with Crippen molar-refractivity contribution >= 4 is 0 Å². The fourth-order valence-electron chi connectivity index (χ4n) is 2.50. The largest absolute Gasteiger partial charge is 0.327 e. The third-order valence-electron chi connectivity index (χ3n) is 3.16. The van der Waals surface area contributed by atoms with Crippen molar-refractivity contribution in [1.82, 2.24) is 0 Å². The second-order valence-corrected chi connectivity index (χ2v) is 5.47. The molecule has 1 aromatic rings. The van der Waals surface area contributed by atoms with Gasteiger partial charge in [0.25, 0.3) is 0 Å². The fraction of sp³-hybridized carbons (Fsp3) is 0.600. The standard InChI is InChI=1S/C15H24FN/c1-12(2)9-13(3)10-15(16,11-17)14-7-5-4-6-8-14/h4-8,12-13H,9-11,17H2,1-3H3. The lowest BCUT2D eigenvalue weighted by Crippen LogP contribution is -2.32. The molecule has 0 fully saturated rings. The van der Waals surface area contributed by atoms with Gasteiger partial charge in [-0.15, -0.1) is 0 Å². The number of hydrogen-bond donors (Lipinski definition) is 1. The first-order chi connectivity index (χ1) is 7.98. The smallest absolute Gasteiger partial charge is 0.148 e. The summed E-state index contributed by atoms with van der Waals surface area (Å²) < 4.78 is 14.8. The summed E-state index contributed by atoms with van der Waals surface area (Å²) in [7, 11) is 0. The summed E-state index contributed by atoms with van der Waals surface area (Å²) in [5.74, 6) is 0.951. The molecule has 0 spiro atoms. The van der Waals surface area contributed by atoms with Gasteiger partial charge in [0.1, 0.15) is 5.67 Å². The zero-order valence-electron chi connectivity index (χ0n) is 11.1. The molecule has 1 nitrogen and oxygen atoms in total. The lowest BCUT2D eigenvalue weighted by Gasteiger charge is -2.28. The number of rotatable bonds is 6. The van der Waals surface area contributed by atoms with Crippen molar-refractivity contribution in [2.45, 2.75) is 39.3 Å². The third-order valence-corrected chi connectivity index (χ3v) is 3.16. The van der Waals surface area contributed by atoms with Crippen LogP contribution in [0, 0.1) is 11.8 Å². The van der Waals surface area contributed by atoms with Gasteiger partial charge in [-0.1, -0.05) is 51.1 Å². The highest BCUT2D eigenvalue weighted by Gasteiger charge is 2.32. The van der Waals surface area contributed by atoms with E-state index < -0.39 is 5.67 Å². The highest BCUT2D eigenvalue weighted by Crippen LogP contribution is 2.33. The van der Waals surface area contributed by atoms with Crippen molar-refractivity contribution in [3.8, 4) is 0 Å². The molecule has 0 aromatic heterocycles. The van der Waals surface area contributed by atoms with Crippen molar-refractivity contribution in [2.24, 2.45) is 17.6 Å². The molecule has 2 heteroatoms. The topological polar surface area (TPSA) is 26.0 Å². The van der Waals surface area contributed by atoms with Crippen molar-refractivity contribution in [2.75, 3.05) is 6.54 Å². The van der Waals surface area contributed by atoms with Crippen LogP contribution in [0.1, 0.15) is 39.2 Å². The average molecular weight is 237 g/mol. The first kappa shape index (κ1) is 14.2. The molecule has 0 saturated carbocycles. The molecule has 0 aliphatic carbocycles. The SMILES string of the molecule is CC(C)CC(C)CC(F)(CN)c1ccccc1. The van der Waals surface area contributed by atoms with Gasteiger partial charge in [0.05, 0.1) is 0 Å². The van der Waals surface area contributed by atoms with E-state index in [0.29, 0.717) is 23.8 Å². The molecular formula is C15H24FN. The molecule has 1 rings (SSSR count). The zero-order chi connectivity index (χ0) is 12.9. The first-order valence-corrected chi connectivity index (χ1v) is 6.42. The molecule has 0 amide bonds. The molecule has 0 heterocycles. The average Bonchev–Trinajstić information content (AvgIpc) is 2.29. The summed E-state index contributed by atoms with van der Waals surface area (Å²) in [5, 5.41) is 0. The van der Waals surface area contributed by atoms with Crippen LogP contribution in [0.5, 0.6) is 0 Å². The van der Waals surface area contributed by atoms with Gasteiger partial charge in [-0.05, 0) is 30.2 Å². The van der Waals surface area contributed by atoms with Crippen LogP contribution in [0.3, 0.4) is 0 Å². The Bertz CT molecular complexity index is 323. The van der Waals surface area contributed by atoms with Crippen LogP contribution in [0.25, 0.3) is 0 Å². The minimum Gasteiger partial charge on any atom is -0.327 e. The summed E-state index contributed by atoms with van der Waals surface area (Å²) in [4.78, 5) is 0. The highest BCUT2D eigenvalue weighted by molar-refractivity contribution is 5.23. The van der Waals surface area contributed by atoms with E-state index in [2.05, 4.69) is 20.8 Å². The van der Waals surface area contributed by atoms with Crippen LogP contribution >= 0.6 is 0 Å². The molecule has 2 N–H and O–H groups in total. The fourth-order valence-corrected chi connectivity index (χ4v) is 2.50. The van der Waals surface area contributed by atoms with Gasteiger partial charge in [0, 0.05) is 6.54 Å². The first-order valence-electron chi connectivity index (χ1n) is 6.42. The Morgan fingerprint density at radius 2 is 1.76 bits per heavy atom. The predicted octanol–water partition coefficient (Wildman–Crippen LogP) is 3.88. The van der Waals surface area contributed by atoms with Crippen LogP contribution in [-0.2, 0) is 5.67 Å².